The molecule has 2 aromatic rings. The van der Waals surface area contributed by atoms with Crippen LogP contribution >= 0.6 is 0 Å². The van der Waals surface area contributed by atoms with Crippen LogP contribution in [0.3, 0.4) is 0 Å². The third kappa shape index (κ3) is 3.61. The standard InChI is InChI=1S/C21H24O7/c1-6-11(2)20(24)27-18-16-14(25-19(18)21(4,5)28-12(3)22)9-7-13-8-10-15(23)26-17(13)16/h7-11,18-19H,6H2,1-5H3/t11?,18-,19+/m1/s1. The predicted octanol–water partition coefficient (Wildman–Crippen LogP) is 3.53. The maximum atomic E-state index is 12.6. The van der Waals surface area contributed by atoms with Crippen LogP contribution in [0.15, 0.2) is 33.5 Å². The van der Waals surface area contributed by atoms with Crippen molar-refractivity contribution >= 4 is 22.9 Å². The Morgan fingerprint density at radius 2 is 1.89 bits per heavy atom. The zero-order valence-corrected chi connectivity index (χ0v) is 16.6. The lowest BCUT2D eigenvalue weighted by Crippen LogP contribution is -2.46. The summed E-state index contributed by atoms with van der Waals surface area (Å²) in [5, 5.41) is 0.678. The van der Waals surface area contributed by atoms with E-state index in [0.717, 1.165) is 0 Å². The van der Waals surface area contributed by atoms with Crippen molar-refractivity contribution in [1.29, 1.82) is 0 Å². The fourth-order valence-corrected chi connectivity index (χ4v) is 3.32. The summed E-state index contributed by atoms with van der Waals surface area (Å²) < 4.78 is 22.7. The molecule has 0 fully saturated rings. The average Bonchev–Trinajstić information content (AvgIpc) is 2.99. The summed E-state index contributed by atoms with van der Waals surface area (Å²) in [6.07, 6.45) is -1.07. The van der Waals surface area contributed by atoms with Crippen molar-refractivity contribution in [2.45, 2.75) is 58.8 Å². The van der Waals surface area contributed by atoms with Gasteiger partial charge in [0.25, 0.3) is 0 Å². The molecule has 3 rings (SSSR count). The number of hydrogen-bond donors (Lipinski definition) is 0. The number of benzene rings is 1. The normalized spacial score (nSPS) is 19.6. The van der Waals surface area contributed by atoms with Crippen LogP contribution in [0.5, 0.6) is 5.75 Å². The first-order valence-electron chi connectivity index (χ1n) is 9.27. The molecular formula is C21H24O7. The highest BCUT2D eigenvalue weighted by Gasteiger charge is 2.50. The number of esters is 2. The van der Waals surface area contributed by atoms with Crippen LogP contribution in [0.4, 0.5) is 0 Å². The molecule has 0 amide bonds. The van der Waals surface area contributed by atoms with Gasteiger partial charge in [-0.2, -0.15) is 0 Å². The molecule has 0 N–H and O–H groups in total. The summed E-state index contributed by atoms with van der Waals surface area (Å²) in [4.78, 5) is 35.9. The van der Waals surface area contributed by atoms with Gasteiger partial charge in [-0.05, 0) is 38.5 Å². The van der Waals surface area contributed by atoms with E-state index in [-0.39, 0.29) is 5.92 Å². The second-order valence-corrected chi connectivity index (χ2v) is 7.55. The van der Waals surface area contributed by atoms with Crippen molar-refractivity contribution in [2.24, 2.45) is 5.92 Å². The molecule has 0 radical (unpaired) electrons. The van der Waals surface area contributed by atoms with Crippen LogP contribution in [-0.2, 0) is 19.1 Å². The number of fused-ring (bicyclic) bond motifs is 3. The average molecular weight is 388 g/mol. The maximum absolute atomic E-state index is 12.6. The largest absolute Gasteiger partial charge is 0.481 e. The fourth-order valence-electron chi connectivity index (χ4n) is 3.32. The third-order valence-electron chi connectivity index (χ3n) is 4.95. The number of carbonyl (C=O) groups is 2. The molecule has 3 atom stereocenters. The van der Waals surface area contributed by atoms with Gasteiger partial charge >= 0.3 is 17.6 Å². The Hall–Kier alpha value is -2.83. The molecule has 1 aliphatic rings. The van der Waals surface area contributed by atoms with E-state index in [9.17, 15) is 14.4 Å². The molecule has 7 heteroatoms. The second kappa shape index (κ2) is 7.30. The van der Waals surface area contributed by atoms with Gasteiger partial charge in [-0.3, -0.25) is 9.59 Å². The second-order valence-electron chi connectivity index (χ2n) is 7.55. The molecule has 1 aromatic carbocycles. The highest BCUT2D eigenvalue weighted by atomic mass is 16.6. The monoisotopic (exact) mass is 388 g/mol. The zero-order chi connectivity index (χ0) is 20.6. The van der Waals surface area contributed by atoms with E-state index < -0.39 is 35.4 Å². The van der Waals surface area contributed by atoms with Gasteiger partial charge in [0.05, 0.1) is 11.5 Å². The van der Waals surface area contributed by atoms with Crippen LogP contribution in [0.2, 0.25) is 0 Å². The van der Waals surface area contributed by atoms with Crippen LogP contribution in [0.1, 0.15) is 52.7 Å². The fraction of sp³-hybridized carbons (Fsp3) is 0.476. The molecule has 28 heavy (non-hydrogen) atoms. The van der Waals surface area contributed by atoms with Crippen molar-refractivity contribution in [3.63, 3.8) is 0 Å². The topological polar surface area (TPSA) is 92.0 Å². The first-order valence-corrected chi connectivity index (χ1v) is 9.27. The molecular weight excluding hydrogens is 364 g/mol. The number of ether oxygens (including phenoxy) is 3. The van der Waals surface area contributed by atoms with Crippen LogP contribution in [-0.4, -0.2) is 23.6 Å². The first kappa shape index (κ1) is 19.9. The lowest BCUT2D eigenvalue weighted by molar-refractivity contribution is -0.177. The molecule has 0 saturated carbocycles. The van der Waals surface area contributed by atoms with E-state index in [1.54, 1.807) is 39.0 Å². The molecule has 150 valence electrons. The molecule has 1 unspecified atom stereocenters. The number of carbonyl (C=O) groups excluding carboxylic acids is 2. The number of rotatable bonds is 5. The van der Waals surface area contributed by atoms with Gasteiger partial charge in [0, 0.05) is 18.4 Å². The smallest absolute Gasteiger partial charge is 0.336 e. The summed E-state index contributed by atoms with van der Waals surface area (Å²) in [5.41, 5.74) is -0.840. The van der Waals surface area contributed by atoms with E-state index in [2.05, 4.69) is 0 Å². The van der Waals surface area contributed by atoms with E-state index in [4.69, 9.17) is 18.6 Å². The summed E-state index contributed by atoms with van der Waals surface area (Å²) in [5.74, 6) is -0.770. The van der Waals surface area contributed by atoms with Gasteiger partial charge in [0.15, 0.2) is 12.2 Å². The highest BCUT2D eigenvalue weighted by Crippen LogP contribution is 2.47. The number of hydrogen-bond acceptors (Lipinski definition) is 7. The van der Waals surface area contributed by atoms with E-state index in [1.165, 1.54) is 13.0 Å². The van der Waals surface area contributed by atoms with Crippen LogP contribution in [0, 0.1) is 5.92 Å². The Bertz CT molecular complexity index is 972. The molecule has 1 aromatic heterocycles. The van der Waals surface area contributed by atoms with E-state index in [1.807, 2.05) is 6.92 Å². The molecule has 7 nitrogen and oxygen atoms in total. The molecule has 0 spiro atoms. The molecule has 0 bridgehead atoms. The van der Waals surface area contributed by atoms with Gasteiger partial charge in [0.2, 0.25) is 0 Å². The Balaban J connectivity index is 2.13. The van der Waals surface area contributed by atoms with Crippen molar-refractivity contribution in [2.75, 3.05) is 0 Å². The Morgan fingerprint density at radius 1 is 1.21 bits per heavy atom. The minimum absolute atomic E-state index is 0.299. The van der Waals surface area contributed by atoms with Crippen LogP contribution in [0.25, 0.3) is 11.0 Å². The quantitative estimate of drug-likeness (QED) is 0.571. The van der Waals surface area contributed by atoms with Gasteiger partial charge in [-0.1, -0.05) is 13.8 Å². The van der Waals surface area contributed by atoms with Crippen LogP contribution < -0.4 is 10.4 Å². The molecule has 0 aliphatic carbocycles. The Labute approximate surface area is 162 Å². The summed E-state index contributed by atoms with van der Waals surface area (Å²) in [6, 6.07) is 6.45. The van der Waals surface area contributed by atoms with Gasteiger partial charge in [-0.25, -0.2) is 4.79 Å². The minimum Gasteiger partial charge on any atom is -0.481 e. The van der Waals surface area contributed by atoms with Gasteiger partial charge in [0.1, 0.15) is 16.9 Å². The first-order chi connectivity index (χ1) is 13.1. The lowest BCUT2D eigenvalue weighted by Gasteiger charge is -2.33. The van der Waals surface area contributed by atoms with Crippen molar-refractivity contribution in [1.82, 2.24) is 0 Å². The highest BCUT2D eigenvalue weighted by molar-refractivity contribution is 5.84. The Morgan fingerprint density at radius 3 is 2.54 bits per heavy atom. The molecule has 2 heterocycles. The molecule has 1 aliphatic heterocycles. The minimum atomic E-state index is -1.09. The van der Waals surface area contributed by atoms with Gasteiger partial charge < -0.3 is 18.6 Å². The summed E-state index contributed by atoms with van der Waals surface area (Å²) in [7, 11) is 0. The van der Waals surface area contributed by atoms with Gasteiger partial charge in [-0.15, -0.1) is 0 Å². The van der Waals surface area contributed by atoms with Crippen molar-refractivity contribution in [3.05, 3.63) is 40.2 Å². The van der Waals surface area contributed by atoms with Crippen molar-refractivity contribution in [3.8, 4) is 5.75 Å². The lowest BCUT2D eigenvalue weighted by atomic mass is 9.93. The summed E-state index contributed by atoms with van der Waals surface area (Å²) in [6.45, 7) is 8.34. The summed E-state index contributed by atoms with van der Waals surface area (Å²) >= 11 is 0. The van der Waals surface area contributed by atoms with Crippen molar-refractivity contribution < 1.29 is 28.2 Å². The van der Waals surface area contributed by atoms with E-state index >= 15 is 0 Å². The SMILES string of the molecule is CCC(C)C(=O)O[C@@H]1c2c(ccc3ccc(=O)oc23)O[C@@H]1C(C)(C)OC(C)=O. The predicted molar refractivity (Wildman–Crippen MR) is 101 cm³/mol. The third-order valence-corrected chi connectivity index (χ3v) is 4.95. The molecule has 0 saturated heterocycles. The van der Waals surface area contributed by atoms with E-state index in [0.29, 0.717) is 28.7 Å². The zero-order valence-electron chi connectivity index (χ0n) is 16.6. The maximum Gasteiger partial charge on any atom is 0.336 e. The Kier molecular flexibility index (Phi) is 5.19.